The molecule has 0 aliphatic rings. The average Bonchev–Trinajstić information content (AvgIpc) is 2.40. The first kappa shape index (κ1) is 17.2. The van der Waals surface area contributed by atoms with E-state index in [0.717, 1.165) is 0 Å². The van der Waals surface area contributed by atoms with E-state index in [4.69, 9.17) is 39.4 Å². The van der Waals surface area contributed by atoms with Crippen LogP contribution in [-0.2, 0) is 9.53 Å². The van der Waals surface area contributed by atoms with E-state index in [0.29, 0.717) is 19.4 Å². The van der Waals surface area contributed by atoms with Crippen molar-refractivity contribution in [1.82, 2.24) is 15.0 Å². The number of carbonyl (C=O) groups is 1. The second-order valence-electron chi connectivity index (χ2n) is 3.87. The van der Waals surface area contributed by atoms with Crippen LogP contribution in [0, 0.1) is 0 Å². The SMILES string of the molecule is COC(=O)[C@H](CCCN=C(N)N)Nc1nc(Cl)nc(Cl)n1. The van der Waals surface area contributed by atoms with Crippen molar-refractivity contribution in [3.8, 4) is 0 Å². The quantitative estimate of drug-likeness (QED) is 0.277. The van der Waals surface area contributed by atoms with E-state index < -0.39 is 12.0 Å². The Hall–Kier alpha value is -1.87. The molecular weight excluding hydrogens is 321 g/mol. The van der Waals surface area contributed by atoms with E-state index in [9.17, 15) is 4.79 Å². The second kappa shape index (κ2) is 8.42. The van der Waals surface area contributed by atoms with Crippen molar-refractivity contribution in [2.24, 2.45) is 16.5 Å². The van der Waals surface area contributed by atoms with Gasteiger partial charge in [0, 0.05) is 6.54 Å². The smallest absolute Gasteiger partial charge is 0.328 e. The number of nitrogens with one attached hydrogen (secondary N) is 1. The predicted octanol–water partition coefficient (Wildman–Crippen LogP) is 0.186. The molecule has 21 heavy (non-hydrogen) atoms. The third kappa shape index (κ3) is 6.41. The molecule has 0 spiro atoms. The van der Waals surface area contributed by atoms with Gasteiger partial charge < -0.3 is 21.5 Å². The van der Waals surface area contributed by atoms with Crippen LogP contribution in [0.15, 0.2) is 4.99 Å². The number of aliphatic imine (C=N–C) groups is 1. The summed E-state index contributed by atoms with van der Waals surface area (Å²) in [6, 6.07) is -0.682. The summed E-state index contributed by atoms with van der Waals surface area (Å²) in [4.78, 5) is 26.8. The first-order valence-electron chi connectivity index (χ1n) is 5.89. The monoisotopic (exact) mass is 335 g/mol. The molecule has 1 atom stereocenters. The number of guanidine groups is 1. The van der Waals surface area contributed by atoms with E-state index in [1.54, 1.807) is 0 Å². The van der Waals surface area contributed by atoms with E-state index in [1.807, 2.05) is 0 Å². The minimum Gasteiger partial charge on any atom is -0.467 e. The number of halogens is 2. The summed E-state index contributed by atoms with van der Waals surface area (Å²) in [5, 5.41) is 2.62. The summed E-state index contributed by atoms with van der Waals surface area (Å²) in [5.41, 5.74) is 10.4. The number of rotatable bonds is 7. The Labute approximate surface area is 131 Å². The number of nitrogens with zero attached hydrogens (tertiary/aromatic N) is 4. The van der Waals surface area contributed by atoms with Crippen LogP contribution in [0.3, 0.4) is 0 Å². The minimum absolute atomic E-state index is 0.00592. The van der Waals surface area contributed by atoms with Crippen LogP contribution >= 0.6 is 23.2 Å². The van der Waals surface area contributed by atoms with Gasteiger partial charge >= 0.3 is 5.97 Å². The topological polar surface area (TPSA) is 141 Å². The number of nitrogens with two attached hydrogens (primary N) is 2. The molecule has 5 N–H and O–H groups in total. The minimum atomic E-state index is -0.682. The van der Waals surface area contributed by atoms with Crippen LogP contribution in [-0.4, -0.2) is 46.6 Å². The van der Waals surface area contributed by atoms with Crippen molar-refractivity contribution in [2.75, 3.05) is 19.0 Å². The molecule has 0 aromatic carbocycles. The number of methoxy groups -OCH3 is 1. The molecule has 0 radical (unpaired) electrons. The molecule has 0 unspecified atom stereocenters. The molecule has 0 saturated heterocycles. The first-order valence-corrected chi connectivity index (χ1v) is 6.64. The van der Waals surface area contributed by atoms with Crippen LogP contribution in [0.2, 0.25) is 10.6 Å². The fourth-order valence-corrected chi connectivity index (χ4v) is 1.80. The molecule has 116 valence electrons. The summed E-state index contributed by atoms with van der Waals surface area (Å²) in [6.07, 6.45) is 0.960. The Kier molecular flexibility index (Phi) is 6.89. The lowest BCUT2D eigenvalue weighted by Gasteiger charge is -2.15. The van der Waals surface area contributed by atoms with Crippen LogP contribution in [0.25, 0.3) is 0 Å². The lowest BCUT2D eigenvalue weighted by molar-refractivity contribution is -0.141. The third-order valence-electron chi connectivity index (χ3n) is 2.32. The molecule has 1 heterocycles. The fourth-order valence-electron chi connectivity index (χ4n) is 1.44. The normalized spacial score (nSPS) is 11.6. The zero-order chi connectivity index (χ0) is 15.8. The Morgan fingerprint density at radius 1 is 1.33 bits per heavy atom. The van der Waals surface area contributed by atoms with Gasteiger partial charge in [-0.05, 0) is 36.0 Å². The summed E-state index contributed by atoms with van der Waals surface area (Å²) in [5.74, 6) is -0.404. The molecule has 1 rings (SSSR count). The Bertz CT molecular complexity index is 502. The molecule has 0 aliphatic carbocycles. The predicted molar refractivity (Wildman–Crippen MR) is 79.2 cm³/mol. The lowest BCUT2D eigenvalue weighted by atomic mass is 10.1. The van der Waals surface area contributed by atoms with Crippen LogP contribution < -0.4 is 16.8 Å². The summed E-state index contributed by atoms with van der Waals surface area (Å²) >= 11 is 11.3. The van der Waals surface area contributed by atoms with Gasteiger partial charge in [0.25, 0.3) is 0 Å². The molecule has 1 aromatic rings. The van der Waals surface area contributed by atoms with Gasteiger partial charge in [-0.25, -0.2) is 4.79 Å². The van der Waals surface area contributed by atoms with Gasteiger partial charge in [-0.15, -0.1) is 0 Å². The third-order valence-corrected chi connectivity index (χ3v) is 2.65. The number of hydrogen-bond acceptors (Lipinski definition) is 7. The van der Waals surface area contributed by atoms with Gasteiger partial charge in [-0.1, -0.05) is 0 Å². The molecule has 0 bridgehead atoms. The molecule has 0 saturated carbocycles. The molecule has 0 fully saturated rings. The van der Waals surface area contributed by atoms with Gasteiger partial charge in [-0.3, -0.25) is 4.99 Å². The summed E-state index contributed by atoms with van der Waals surface area (Å²) in [7, 11) is 1.28. The standard InChI is InChI=1S/C10H15Cl2N7O2/c1-21-6(20)5(3-2-4-15-9(13)14)16-10-18-7(11)17-8(12)19-10/h5H,2-4H2,1H3,(H4,13,14,15)(H,16,17,18,19)/t5-/m0/s1. The number of hydrogen-bond donors (Lipinski definition) is 3. The molecule has 11 heteroatoms. The fraction of sp³-hybridized carbons (Fsp3) is 0.500. The molecule has 1 aromatic heterocycles. The van der Waals surface area contributed by atoms with Crippen molar-refractivity contribution in [2.45, 2.75) is 18.9 Å². The maximum Gasteiger partial charge on any atom is 0.328 e. The number of ether oxygens (including phenoxy) is 1. The Morgan fingerprint density at radius 2 is 1.95 bits per heavy atom. The zero-order valence-electron chi connectivity index (χ0n) is 11.2. The largest absolute Gasteiger partial charge is 0.467 e. The highest BCUT2D eigenvalue weighted by Gasteiger charge is 2.20. The van der Waals surface area contributed by atoms with Crippen LogP contribution in [0.5, 0.6) is 0 Å². The van der Waals surface area contributed by atoms with Crippen molar-refractivity contribution in [3.63, 3.8) is 0 Å². The molecule has 0 amide bonds. The van der Waals surface area contributed by atoms with Gasteiger partial charge in [0.15, 0.2) is 5.96 Å². The van der Waals surface area contributed by atoms with Gasteiger partial charge in [-0.2, -0.15) is 15.0 Å². The van der Waals surface area contributed by atoms with Crippen molar-refractivity contribution in [3.05, 3.63) is 10.6 Å². The van der Waals surface area contributed by atoms with E-state index in [1.165, 1.54) is 7.11 Å². The second-order valence-corrected chi connectivity index (χ2v) is 4.54. The number of aromatic nitrogens is 3. The molecular formula is C10H15Cl2N7O2. The van der Waals surface area contributed by atoms with Gasteiger partial charge in [0.05, 0.1) is 7.11 Å². The number of esters is 1. The number of carbonyl (C=O) groups excluding carboxylic acids is 1. The highest BCUT2D eigenvalue weighted by molar-refractivity contribution is 6.31. The van der Waals surface area contributed by atoms with Crippen molar-refractivity contribution in [1.29, 1.82) is 0 Å². The summed E-state index contributed by atoms with van der Waals surface area (Å²) < 4.78 is 4.70. The highest BCUT2D eigenvalue weighted by atomic mass is 35.5. The van der Waals surface area contributed by atoms with E-state index in [2.05, 4.69) is 25.3 Å². The Morgan fingerprint density at radius 3 is 2.48 bits per heavy atom. The van der Waals surface area contributed by atoms with Gasteiger partial charge in [0.1, 0.15) is 6.04 Å². The first-order chi connectivity index (χ1) is 9.92. The number of anilines is 1. The summed E-state index contributed by atoms with van der Waals surface area (Å²) in [6.45, 7) is 0.385. The van der Waals surface area contributed by atoms with Gasteiger partial charge in [0.2, 0.25) is 16.5 Å². The van der Waals surface area contributed by atoms with Crippen LogP contribution in [0.4, 0.5) is 5.95 Å². The van der Waals surface area contributed by atoms with Crippen molar-refractivity contribution >= 4 is 41.1 Å². The van der Waals surface area contributed by atoms with E-state index >= 15 is 0 Å². The maximum atomic E-state index is 11.7. The highest BCUT2D eigenvalue weighted by Crippen LogP contribution is 2.12. The molecule has 9 nitrogen and oxygen atoms in total. The molecule has 0 aliphatic heterocycles. The van der Waals surface area contributed by atoms with Crippen molar-refractivity contribution < 1.29 is 9.53 Å². The zero-order valence-corrected chi connectivity index (χ0v) is 12.7. The Balaban J connectivity index is 2.69. The van der Waals surface area contributed by atoms with Crippen LogP contribution in [0.1, 0.15) is 12.8 Å². The maximum absolute atomic E-state index is 11.7. The average molecular weight is 336 g/mol. The van der Waals surface area contributed by atoms with E-state index in [-0.39, 0.29) is 22.5 Å². The lowest BCUT2D eigenvalue weighted by Crippen LogP contribution is -2.32.